The van der Waals surface area contributed by atoms with Crippen molar-refractivity contribution in [2.45, 2.75) is 30.5 Å². The first kappa shape index (κ1) is 17.4. The highest BCUT2D eigenvalue weighted by molar-refractivity contribution is 7.98. The van der Waals surface area contributed by atoms with E-state index in [0.717, 1.165) is 11.3 Å². The molecule has 1 aromatic heterocycles. The maximum atomic E-state index is 13.3. The van der Waals surface area contributed by atoms with Crippen LogP contribution in [-0.4, -0.2) is 9.55 Å². The zero-order valence-electron chi connectivity index (χ0n) is 14.1. The Morgan fingerprint density at radius 3 is 2.60 bits per heavy atom. The van der Waals surface area contributed by atoms with Gasteiger partial charge in [-0.1, -0.05) is 49.9 Å². The second-order valence-electron chi connectivity index (χ2n) is 6.07. The Labute approximate surface area is 150 Å². The molecule has 0 atom stereocenters. The van der Waals surface area contributed by atoms with Gasteiger partial charge < -0.3 is 0 Å². The lowest BCUT2D eigenvalue weighted by Gasteiger charge is -2.10. The normalized spacial score (nSPS) is 11.0. The molecule has 0 spiro atoms. The van der Waals surface area contributed by atoms with Crippen molar-refractivity contribution in [3.05, 3.63) is 88.2 Å². The van der Waals surface area contributed by atoms with E-state index in [1.165, 1.54) is 29.5 Å². The molecule has 0 saturated heterocycles. The molecule has 0 bridgehead atoms. The van der Waals surface area contributed by atoms with Crippen LogP contribution in [0.4, 0.5) is 4.39 Å². The third-order valence-corrected chi connectivity index (χ3v) is 4.94. The van der Waals surface area contributed by atoms with Crippen LogP contribution in [0.3, 0.4) is 0 Å². The lowest BCUT2D eigenvalue weighted by Crippen LogP contribution is -2.20. The van der Waals surface area contributed by atoms with E-state index in [9.17, 15) is 9.18 Å². The minimum absolute atomic E-state index is 0.166. The highest BCUT2D eigenvalue weighted by Crippen LogP contribution is 2.20. The van der Waals surface area contributed by atoms with E-state index >= 15 is 0 Å². The first-order valence-electron chi connectivity index (χ1n) is 8.10. The molecule has 1 heterocycles. The number of halogens is 1. The van der Waals surface area contributed by atoms with Crippen molar-refractivity contribution in [3.63, 3.8) is 0 Å². The molecule has 3 rings (SSSR count). The minimum atomic E-state index is -0.276. The summed E-state index contributed by atoms with van der Waals surface area (Å²) in [7, 11) is 0. The predicted octanol–water partition coefficient (Wildman–Crippen LogP) is 4.79. The Morgan fingerprint density at radius 2 is 1.92 bits per heavy atom. The number of aromatic nitrogens is 2. The van der Waals surface area contributed by atoms with Crippen LogP contribution in [0, 0.1) is 5.82 Å². The summed E-state index contributed by atoms with van der Waals surface area (Å²) >= 11 is 1.31. The van der Waals surface area contributed by atoms with Crippen LogP contribution in [0.15, 0.2) is 70.7 Å². The molecule has 128 valence electrons. The van der Waals surface area contributed by atoms with Gasteiger partial charge in [0.15, 0.2) is 5.03 Å². The van der Waals surface area contributed by atoms with Crippen LogP contribution in [0.5, 0.6) is 0 Å². The molecule has 0 amide bonds. The fraction of sp³-hybridized carbons (Fsp3) is 0.200. The summed E-state index contributed by atoms with van der Waals surface area (Å²) in [6, 6.07) is 14.3. The van der Waals surface area contributed by atoms with Gasteiger partial charge in [-0.05, 0) is 41.3 Å². The average molecular weight is 354 g/mol. The van der Waals surface area contributed by atoms with Crippen LogP contribution in [-0.2, 0) is 5.75 Å². The number of rotatable bonds is 5. The molecule has 0 N–H and O–H groups in total. The quantitative estimate of drug-likeness (QED) is 0.618. The van der Waals surface area contributed by atoms with Crippen molar-refractivity contribution in [1.82, 2.24) is 9.55 Å². The van der Waals surface area contributed by atoms with Crippen molar-refractivity contribution in [3.8, 4) is 5.69 Å². The van der Waals surface area contributed by atoms with Gasteiger partial charge in [-0.2, -0.15) is 0 Å². The Bertz CT molecular complexity index is 919. The Morgan fingerprint density at radius 1 is 1.16 bits per heavy atom. The minimum Gasteiger partial charge on any atom is -0.280 e. The predicted molar refractivity (Wildman–Crippen MR) is 99.9 cm³/mol. The van der Waals surface area contributed by atoms with Gasteiger partial charge in [0.05, 0.1) is 0 Å². The van der Waals surface area contributed by atoms with E-state index < -0.39 is 0 Å². The lowest BCUT2D eigenvalue weighted by molar-refractivity contribution is 0.626. The number of benzene rings is 2. The maximum Gasteiger partial charge on any atom is 0.287 e. The van der Waals surface area contributed by atoms with Gasteiger partial charge in [-0.15, -0.1) is 0 Å². The van der Waals surface area contributed by atoms with Crippen LogP contribution >= 0.6 is 11.8 Å². The van der Waals surface area contributed by atoms with Crippen LogP contribution < -0.4 is 5.56 Å². The number of thioether (sulfide) groups is 1. The SMILES string of the molecule is CC(C)c1ccc(-n2ccnc(SCc3cccc(F)c3)c2=O)cc1. The molecular weight excluding hydrogens is 335 g/mol. The summed E-state index contributed by atoms with van der Waals surface area (Å²) in [5, 5.41) is 0.402. The molecule has 2 aromatic carbocycles. The smallest absolute Gasteiger partial charge is 0.280 e. The van der Waals surface area contributed by atoms with E-state index in [4.69, 9.17) is 0 Å². The number of hydrogen-bond donors (Lipinski definition) is 0. The molecule has 25 heavy (non-hydrogen) atoms. The van der Waals surface area contributed by atoms with E-state index in [1.807, 2.05) is 30.3 Å². The van der Waals surface area contributed by atoms with Crippen molar-refractivity contribution in [2.24, 2.45) is 0 Å². The van der Waals surface area contributed by atoms with E-state index in [2.05, 4.69) is 18.8 Å². The molecule has 0 radical (unpaired) electrons. The maximum absolute atomic E-state index is 13.3. The molecule has 0 aliphatic carbocycles. The largest absolute Gasteiger partial charge is 0.287 e. The highest BCUT2D eigenvalue weighted by atomic mass is 32.2. The van der Waals surface area contributed by atoms with Gasteiger partial charge in [0, 0.05) is 23.8 Å². The van der Waals surface area contributed by atoms with E-state index in [1.54, 1.807) is 23.0 Å². The summed E-state index contributed by atoms with van der Waals surface area (Å²) in [5.74, 6) is 0.665. The number of nitrogens with zero attached hydrogens (tertiary/aromatic N) is 2. The zero-order chi connectivity index (χ0) is 17.8. The first-order chi connectivity index (χ1) is 12.0. The van der Waals surface area contributed by atoms with Gasteiger partial charge in [0.1, 0.15) is 5.82 Å². The van der Waals surface area contributed by atoms with Crippen LogP contribution in [0.25, 0.3) is 5.69 Å². The Kier molecular flexibility index (Phi) is 5.34. The first-order valence-corrected chi connectivity index (χ1v) is 9.08. The molecule has 0 aliphatic heterocycles. The molecule has 0 saturated carbocycles. The zero-order valence-corrected chi connectivity index (χ0v) is 15.0. The summed E-state index contributed by atoms with van der Waals surface area (Å²) in [6.07, 6.45) is 3.28. The fourth-order valence-corrected chi connectivity index (χ4v) is 3.33. The molecule has 3 nitrogen and oxygen atoms in total. The molecule has 0 fully saturated rings. The van der Waals surface area contributed by atoms with Gasteiger partial charge in [0.2, 0.25) is 0 Å². The summed E-state index contributed by atoms with van der Waals surface area (Å²) in [4.78, 5) is 16.9. The second kappa shape index (κ2) is 7.66. The fourth-order valence-electron chi connectivity index (χ4n) is 2.49. The highest BCUT2D eigenvalue weighted by Gasteiger charge is 2.08. The average Bonchev–Trinajstić information content (AvgIpc) is 2.61. The molecule has 0 unspecified atom stereocenters. The third kappa shape index (κ3) is 4.17. The molecule has 5 heteroatoms. The van der Waals surface area contributed by atoms with E-state index in [-0.39, 0.29) is 11.4 Å². The summed E-state index contributed by atoms with van der Waals surface area (Å²) in [6.45, 7) is 4.27. The van der Waals surface area contributed by atoms with Crippen LogP contribution in [0.1, 0.15) is 30.9 Å². The second-order valence-corrected chi connectivity index (χ2v) is 7.04. The Hall–Kier alpha value is -2.40. The third-order valence-electron chi connectivity index (χ3n) is 3.91. The number of hydrogen-bond acceptors (Lipinski definition) is 3. The van der Waals surface area contributed by atoms with E-state index in [0.29, 0.717) is 16.7 Å². The van der Waals surface area contributed by atoms with Crippen molar-refractivity contribution in [2.75, 3.05) is 0 Å². The molecular formula is C20H19FN2OS. The van der Waals surface area contributed by atoms with Crippen molar-refractivity contribution < 1.29 is 4.39 Å². The summed E-state index contributed by atoms with van der Waals surface area (Å²) < 4.78 is 14.8. The van der Waals surface area contributed by atoms with Crippen molar-refractivity contribution >= 4 is 11.8 Å². The lowest BCUT2D eigenvalue weighted by atomic mass is 10.0. The standard InChI is InChI=1S/C20H19FN2OS/c1-14(2)16-6-8-18(9-7-16)23-11-10-22-19(20(23)24)25-13-15-4-3-5-17(21)12-15/h3-12,14H,13H2,1-2H3. The van der Waals surface area contributed by atoms with Gasteiger partial charge >= 0.3 is 0 Å². The molecule has 0 aliphatic rings. The monoisotopic (exact) mass is 354 g/mol. The molecule has 3 aromatic rings. The van der Waals surface area contributed by atoms with Crippen LogP contribution in [0.2, 0.25) is 0 Å². The van der Waals surface area contributed by atoms with Gasteiger partial charge in [0.25, 0.3) is 5.56 Å². The van der Waals surface area contributed by atoms with Crippen molar-refractivity contribution in [1.29, 1.82) is 0 Å². The summed E-state index contributed by atoms with van der Waals surface area (Å²) in [5.41, 5.74) is 2.69. The van der Waals surface area contributed by atoms with Gasteiger partial charge in [-0.3, -0.25) is 9.36 Å². The van der Waals surface area contributed by atoms with Gasteiger partial charge in [-0.25, -0.2) is 9.37 Å². The topological polar surface area (TPSA) is 34.9 Å². The Balaban J connectivity index is 1.83.